The second kappa shape index (κ2) is 29.9. The minimum atomic E-state index is -1.30. The molecule has 0 radical (unpaired) electrons. The normalized spacial score (nSPS) is 19.0. The minimum absolute atomic E-state index is 0.0172. The lowest BCUT2D eigenvalue weighted by Gasteiger charge is -2.45. The summed E-state index contributed by atoms with van der Waals surface area (Å²) in [4.78, 5) is 26.7. The van der Waals surface area contributed by atoms with Gasteiger partial charge in [-0.1, -0.05) is 205 Å². The summed E-state index contributed by atoms with van der Waals surface area (Å²) in [6.07, 6.45) is 9.68. The number of unbranched alkanes of at least 4 members (excludes halogenated alkanes) is 12. The van der Waals surface area contributed by atoms with E-state index >= 15 is 0 Å². The maximum absolute atomic E-state index is 14.1. The highest BCUT2D eigenvalue weighted by Gasteiger charge is 2.52. The van der Waals surface area contributed by atoms with E-state index in [-0.39, 0.29) is 45.6 Å². The van der Waals surface area contributed by atoms with Crippen molar-refractivity contribution in [3.63, 3.8) is 0 Å². The summed E-state index contributed by atoms with van der Waals surface area (Å²) >= 11 is 0. The molecule has 1 N–H and O–H groups in total. The predicted octanol–water partition coefficient (Wildman–Crippen LogP) is 10.6. The van der Waals surface area contributed by atoms with Gasteiger partial charge in [0.15, 0.2) is 12.4 Å². The molecule has 0 amide bonds. The van der Waals surface area contributed by atoms with E-state index in [0.717, 1.165) is 41.5 Å². The largest absolute Gasteiger partial charge is 0.463 e. The summed E-state index contributed by atoms with van der Waals surface area (Å²) in [5.41, 5.74) is 3.51. The second-order valence-corrected chi connectivity index (χ2v) is 16.5. The summed E-state index contributed by atoms with van der Waals surface area (Å²) in [6.45, 7) is 2.26. The molecule has 1 saturated heterocycles. The predicted molar refractivity (Wildman–Crippen MR) is 243 cm³/mol. The van der Waals surface area contributed by atoms with Crippen molar-refractivity contribution < 1.29 is 47.9 Å². The smallest absolute Gasteiger partial charge is 0.338 e. The Labute approximate surface area is 375 Å². The molecule has 0 unspecified atom stereocenters. The first-order valence-corrected chi connectivity index (χ1v) is 23.3. The lowest BCUT2D eigenvalue weighted by molar-refractivity contribution is -0.323. The number of hydrogen-bond donors (Lipinski definition) is 1. The lowest BCUT2D eigenvalue weighted by Crippen LogP contribution is -2.63. The number of hydrogen-bond acceptors (Lipinski definition) is 10. The van der Waals surface area contributed by atoms with Crippen LogP contribution in [0.5, 0.6) is 0 Å². The number of aliphatic hydroxyl groups excluding tert-OH is 1. The zero-order valence-electron chi connectivity index (χ0n) is 37.3. The van der Waals surface area contributed by atoms with Crippen molar-refractivity contribution in [1.29, 1.82) is 0 Å². The quantitative estimate of drug-likeness (QED) is 0.0387. The van der Waals surface area contributed by atoms with Crippen LogP contribution in [-0.4, -0.2) is 67.1 Å². The van der Waals surface area contributed by atoms with Crippen molar-refractivity contribution in [2.45, 2.75) is 160 Å². The molecule has 0 spiro atoms. The van der Waals surface area contributed by atoms with Gasteiger partial charge < -0.3 is 38.3 Å². The standard InChI is InChI=1S/C53H70O10/c1-2-3-4-5-6-7-8-9-10-11-12-13-26-35-47(55)57-40-46(54)41-62-53-51(60-38-44-31-22-16-23-32-44)49(59-37-43-29-20-15-21-30-43)48(58-36-42-27-18-14-19-28-42)50(63-53)52(56)61-39-45-33-24-17-25-34-45/h14-25,27-34,46,48-51,53-54H,2-13,26,35-41H2,1H3/t46-,48+,49+,50+,51-,53+/m1/s1. The van der Waals surface area contributed by atoms with Gasteiger partial charge in [0, 0.05) is 6.42 Å². The second-order valence-electron chi connectivity index (χ2n) is 16.5. The van der Waals surface area contributed by atoms with Gasteiger partial charge in [-0.2, -0.15) is 0 Å². The van der Waals surface area contributed by atoms with Gasteiger partial charge in [-0.15, -0.1) is 0 Å². The molecule has 1 aliphatic rings. The number of carbonyl (C=O) groups is 2. The molecule has 1 fully saturated rings. The van der Waals surface area contributed by atoms with Crippen LogP contribution >= 0.6 is 0 Å². The van der Waals surface area contributed by atoms with Gasteiger partial charge in [0.25, 0.3) is 0 Å². The Morgan fingerprint density at radius 3 is 1.38 bits per heavy atom. The van der Waals surface area contributed by atoms with E-state index in [1.54, 1.807) is 0 Å². The molecule has 0 saturated carbocycles. The van der Waals surface area contributed by atoms with Crippen LogP contribution in [0.4, 0.5) is 0 Å². The topological polar surface area (TPSA) is 119 Å². The van der Waals surface area contributed by atoms with Crippen LogP contribution in [0, 0.1) is 0 Å². The average Bonchev–Trinajstić information content (AvgIpc) is 3.32. The Bertz CT molecular complexity index is 1780. The Hall–Kier alpha value is -4.42. The van der Waals surface area contributed by atoms with Crippen LogP contribution in [0.2, 0.25) is 0 Å². The molecule has 0 bridgehead atoms. The summed E-state index contributed by atoms with van der Waals surface area (Å²) in [7, 11) is 0. The number of rotatable bonds is 31. The minimum Gasteiger partial charge on any atom is -0.463 e. The highest BCUT2D eigenvalue weighted by molar-refractivity contribution is 5.76. The summed E-state index contributed by atoms with van der Waals surface area (Å²) < 4.78 is 43.9. The Morgan fingerprint density at radius 2 is 0.905 bits per heavy atom. The molecule has 1 heterocycles. The van der Waals surface area contributed by atoms with Crippen LogP contribution in [0.15, 0.2) is 121 Å². The van der Waals surface area contributed by atoms with E-state index in [1.807, 2.05) is 121 Å². The van der Waals surface area contributed by atoms with Gasteiger partial charge in [0.1, 0.15) is 37.6 Å². The number of esters is 2. The third kappa shape index (κ3) is 19.1. The Morgan fingerprint density at radius 1 is 0.492 bits per heavy atom. The molecule has 6 atom stereocenters. The van der Waals surface area contributed by atoms with E-state index < -0.39 is 42.8 Å². The number of aliphatic hydroxyl groups is 1. The van der Waals surface area contributed by atoms with Gasteiger partial charge >= 0.3 is 11.9 Å². The molecule has 5 rings (SSSR count). The van der Waals surface area contributed by atoms with Gasteiger partial charge in [0.2, 0.25) is 0 Å². The van der Waals surface area contributed by atoms with E-state index in [2.05, 4.69) is 6.92 Å². The molecular weight excluding hydrogens is 797 g/mol. The van der Waals surface area contributed by atoms with Crippen molar-refractivity contribution in [3.8, 4) is 0 Å². The zero-order chi connectivity index (χ0) is 44.2. The highest BCUT2D eigenvalue weighted by Crippen LogP contribution is 2.32. The van der Waals surface area contributed by atoms with Crippen LogP contribution in [0.1, 0.15) is 119 Å². The lowest BCUT2D eigenvalue weighted by atomic mass is 9.97. The number of carbonyl (C=O) groups excluding carboxylic acids is 2. The fraction of sp³-hybridized carbons (Fsp3) is 0.509. The van der Waals surface area contributed by atoms with Crippen LogP contribution in [0.25, 0.3) is 0 Å². The van der Waals surface area contributed by atoms with Crippen molar-refractivity contribution in [1.82, 2.24) is 0 Å². The molecule has 4 aromatic carbocycles. The summed E-state index contributed by atoms with van der Waals surface area (Å²) in [5, 5.41) is 11.0. The van der Waals surface area contributed by atoms with Crippen LogP contribution in [0.3, 0.4) is 0 Å². The van der Waals surface area contributed by atoms with Gasteiger partial charge in [-0.25, -0.2) is 4.79 Å². The van der Waals surface area contributed by atoms with E-state index in [9.17, 15) is 14.7 Å². The van der Waals surface area contributed by atoms with E-state index in [1.165, 1.54) is 64.2 Å². The van der Waals surface area contributed by atoms with Crippen molar-refractivity contribution in [2.24, 2.45) is 0 Å². The molecule has 10 nitrogen and oxygen atoms in total. The average molecular weight is 867 g/mol. The summed E-state index contributed by atoms with van der Waals surface area (Å²) in [5.74, 6) is -1.02. The SMILES string of the molecule is CCCCCCCCCCCCCCCC(=O)OC[C@@H](O)CO[C@H]1O[C@H](C(=O)OCc2ccccc2)[C@@H](OCc2ccccc2)[C@H](OCc2ccccc2)[C@H]1OCc1ccccc1. The van der Waals surface area contributed by atoms with Gasteiger partial charge in [-0.3, -0.25) is 4.79 Å². The molecular formula is C53H70O10. The Kier molecular flexibility index (Phi) is 23.5. The van der Waals surface area contributed by atoms with Crippen molar-refractivity contribution in [2.75, 3.05) is 13.2 Å². The maximum Gasteiger partial charge on any atom is 0.338 e. The van der Waals surface area contributed by atoms with E-state index in [4.69, 9.17) is 33.2 Å². The van der Waals surface area contributed by atoms with E-state index in [0.29, 0.717) is 6.42 Å². The number of benzene rings is 4. The van der Waals surface area contributed by atoms with Gasteiger partial charge in [-0.05, 0) is 28.7 Å². The number of ether oxygens (including phenoxy) is 7. The fourth-order valence-electron chi connectivity index (χ4n) is 7.60. The molecule has 0 aliphatic carbocycles. The molecule has 1 aliphatic heterocycles. The van der Waals surface area contributed by atoms with Crippen molar-refractivity contribution in [3.05, 3.63) is 144 Å². The fourth-order valence-corrected chi connectivity index (χ4v) is 7.60. The molecule has 63 heavy (non-hydrogen) atoms. The monoisotopic (exact) mass is 866 g/mol. The highest BCUT2D eigenvalue weighted by atomic mass is 16.7. The first-order valence-electron chi connectivity index (χ1n) is 23.3. The molecule has 10 heteroatoms. The molecule has 0 aromatic heterocycles. The molecule has 4 aromatic rings. The first kappa shape index (κ1) is 49.6. The zero-order valence-corrected chi connectivity index (χ0v) is 37.3. The van der Waals surface area contributed by atoms with Gasteiger partial charge in [0.05, 0.1) is 26.4 Å². The Balaban J connectivity index is 1.22. The van der Waals surface area contributed by atoms with Crippen molar-refractivity contribution >= 4 is 11.9 Å². The van der Waals surface area contributed by atoms with Crippen LogP contribution in [-0.2, 0) is 69.2 Å². The molecule has 342 valence electrons. The maximum atomic E-state index is 14.1. The third-order valence-corrected chi connectivity index (χ3v) is 11.2. The van der Waals surface area contributed by atoms with Crippen LogP contribution < -0.4 is 0 Å². The first-order chi connectivity index (χ1) is 31.0. The summed E-state index contributed by atoms with van der Waals surface area (Å²) in [6, 6.07) is 38.4. The third-order valence-electron chi connectivity index (χ3n) is 11.2.